The molecule has 5 nitrogen and oxygen atoms in total. The van der Waals surface area contributed by atoms with Crippen LogP contribution in [0.5, 0.6) is 5.75 Å². The number of nitrogens with zero attached hydrogens (tertiary/aromatic N) is 1. The minimum atomic E-state index is 0.362. The largest absolute Gasteiger partial charge is 0.487 e. The van der Waals surface area contributed by atoms with E-state index in [4.69, 9.17) is 19.7 Å². The van der Waals surface area contributed by atoms with Crippen molar-refractivity contribution in [2.45, 2.75) is 19.8 Å². The molecule has 96 valence electrons. The molecule has 18 heavy (non-hydrogen) atoms. The Hall–Kier alpha value is -1.85. The Morgan fingerprint density at radius 3 is 2.94 bits per heavy atom. The van der Waals surface area contributed by atoms with Crippen LogP contribution in [0.25, 0.3) is 0 Å². The van der Waals surface area contributed by atoms with Crippen LogP contribution in [-0.2, 0) is 24.5 Å². The van der Waals surface area contributed by atoms with E-state index in [9.17, 15) is 0 Å². The molecule has 1 heterocycles. The summed E-state index contributed by atoms with van der Waals surface area (Å²) in [6.45, 7) is 1.27. The van der Waals surface area contributed by atoms with Crippen LogP contribution >= 0.6 is 0 Å². The highest BCUT2D eigenvalue weighted by Crippen LogP contribution is 2.15. The van der Waals surface area contributed by atoms with Crippen molar-refractivity contribution in [3.05, 3.63) is 47.3 Å². The van der Waals surface area contributed by atoms with Crippen molar-refractivity contribution < 1.29 is 14.0 Å². The van der Waals surface area contributed by atoms with Crippen molar-refractivity contribution in [2.24, 2.45) is 5.73 Å². The Labute approximate surface area is 105 Å². The molecule has 1 aromatic heterocycles. The molecular formula is C13H16N2O3. The fourth-order valence-corrected chi connectivity index (χ4v) is 1.55. The van der Waals surface area contributed by atoms with E-state index in [-0.39, 0.29) is 0 Å². The van der Waals surface area contributed by atoms with Crippen LogP contribution in [0.1, 0.15) is 17.0 Å². The number of hydrogen-bond acceptors (Lipinski definition) is 5. The summed E-state index contributed by atoms with van der Waals surface area (Å²) in [5, 5.41) is 3.89. The molecular weight excluding hydrogens is 232 g/mol. The van der Waals surface area contributed by atoms with Crippen molar-refractivity contribution in [3.8, 4) is 5.75 Å². The van der Waals surface area contributed by atoms with E-state index >= 15 is 0 Å². The van der Waals surface area contributed by atoms with Crippen LogP contribution in [0.2, 0.25) is 0 Å². The van der Waals surface area contributed by atoms with Gasteiger partial charge in [0.1, 0.15) is 24.7 Å². The summed E-state index contributed by atoms with van der Waals surface area (Å²) in [7, 11) is 1.61. The molecule has 0 saturated heterocycles. The van der Waals surface area contributed by atoms with Crippen molar-refractivity contribution in [1.82, 2.24) is 5.16 Å². The van der Waals surface area contributed by atoms with Gasteiger partial charge < -0.3 is 19.7 Å². The lowest BCUT2D eigenvalue weighted by Crippen LogP contribution is -1.99. The zero-order valence-corrected chi connectivity index (χ0v) is 10.3. The lowest BCUT2D eigenvalue weighted by atomic mass is 10.2. The van der Waals surface area contributed by atoms with Crippen LogP contribution in [0.3, 0.4) is 0 Å². The minimum Gasteiger partial charge on any atom is -0.487 e. The molecule has 0 aliphatic carbocycles. The molecule has 0 spiro atoms. The van der Waals surface area contributed by atoms with Gasteiger partial charge in [-0.05, 0) is 17.7 Å². The minimum absolute atomic E-state index is 0.362. The maximum atomic E-state index is 5.61. The van der Waals surface area contributed by atoms with Gasteiger partial charge in [0.05, 0.1) is 0 Å². The summed E-state index contributed by atoms with van der Waals surface area (Å²) in [6, 6.07) is 9.48. The number of methoxy groups -OCH3 is 1. The van der Waals surface area contributed by atoms with Gasteiger partial charge in [-0.1, -0.05) is 17.3 Å². The number of benzene rings is 1. The summed E-state index contributed by atoms with van der Waals surface area (Å²) in [5.74, 6) is 1.46. The predicted molar refractivity (Wildman–Crippen MR) is 65.9 cm³/mol. The summed E-state index contributed by atoms with van der Waals surface area (Å²) in [6.07, 6.45) is 0. The normalized spacial score (nSPS) is 10.6. The first kappa shape index (κ1) is 12.6. The van der Waals surface area contributed by atoms with Gasteiger partial charge in [-0.2, -0.15) is 0 Å². The van der Waals surface area contributed by atoms with Crippen LogP contribution in [0, 0.1) is 0 Å². The number of aromatic nitrogens is 1. The average Bonchev–Trinajstić information content (AvgIpc) is 2.85. The SMILES string of the molecule is COCc1cc(COc2cccc(CN)c2)no1. The van der Waals surface area contributed by atoms with Gasteiger partial charge in [-0.25, -0.2) is 0 Å². The molecule has 0 saturated carbocycles. The Kier molecular flexibility index (Phi) is 4.33. The second-order valence-electron chi connectivity index (χ2n) is 3.86. The first-order chi connectivity index (χ1) is 8.81. The van der Waals surface area contributed by atoms with Crippen LogP contribution in [0.15, 0.2) is 34.9 Å². The highest BCUT2D eigenvalue weighted by Gasteiger charge is 2.04. The molecule has 0 bridgehead atoms. The number of ether oxygens (including phenoxy) is 2. The topological polar surface area (TPSA) is 70.5 Å². The molecule has 2 aromatic rings. The van der Waals surface area contributed by atoms with Crippen LogP contribution in [-0.4, -0.2) is 12.3 Å². The number of hydrogen-bond donors (Lipinski definition) is 1. The van der Waals surface area contributed by atoms with Gasteiger partial charge in [-0.15, -0.1) is 0 Å². The Bertz CT molecular complexity index is 496. The third-order valence-corrected chi connectivity index (χ3v) is 2.42. The van der Waals surface area contributed by atoms with E-state index < -0.39 is 0 Å². The zero-order chi connectivity index (χ0) is 12.8. The van der Waals surface area contributed by atoms with E-state index in [1.165, 1.54) is 0 Å². The van der Waals surface area contributed by atoms with Gasteiger partial charge in [0, 0.05) is 19.7 Å². The van der Waals surface area contributed by atoms with Gasteiger partial charge >= 0.3 is 0 Å². The molecule has 2 rings (SSSR count). The van der Waals surface area contributed by atoms with Gasteiger partial charge in [-0.3, -0.25) is 0 Å². The lowest BCUT2D eigenvalue weighted by molar-refractivity contribution is 0.155. The van der Waals surface area contributed by atoms with Gasteiger partial charge in [0.25, 0.3) is 0 Å². The average molecular weight is 248 g/mol. The first-order valence-electron chi connectivity index (χ1n) is 5.67. The smallest absolute Gasteiger partial charge is 0.162 e. The first-order valence-corrected chi connectivity index (χ1v) is 5.67. The lowest BCUT2D eigenvalue weighted by Gasteiger charge is -2.05. The standard InChI is InChI=1S/C13H16N2O3/c1-16-9-13-6-11(15-18-13)8-17-12-4-2-3-10(5-12)7-14/h2-6H,7-9,14H2,1H3. The molecule has 2 N–H and O–H groups in total. The van der Waals surface area contributed by atoms with Crippen LogP contribution < -0.4 is 10.5 Å². The van der Waals surface area contributed by atoms with Crippen molar-refractivity contribution in [3.63, 3.8) is 0 Å². The monoisotopic (exact) mass is 248 g/mol. The van der Waals surface area contributed by atoms with E-state index in [0.717, 1.165) is 17.0 Å². The number of rotatable bonds is 6. The fraction of sp³-hybridized carbons (Fsp3) is 0.308. The van der Waals surface area contributed by atoms with E-state index in [0.29, 0.717) is 25.5 Å². The summed E-state index contributed by atoms with van der Waals surface area (Å²) >= 11 is 0. The fourth-order valence-electron chi connectivity index (χ4n) is 1.55. The van der Waals surface area contributed by atoms with Gasteiger partial charge in [0.2, 0.25) is 0 Å². The molecule has 0 amide bonds. The zero-order valence-electron chi connectivity index (χ0n) is 10.3. The second-order valence-corrected chi connectivity index (χ2v) is 3.86. The Morgan fingerprint density at radius 1 is 1.28 bits per heavy atom. The molecule has 0 fully saturated rings. The highest BCUT2D eigenvalue weighted by molar-refractivity contribution is 5.28. The van der Waals surface area contributed by atoms with Crippen molar-refractivity contribution >= 4 is 0 Å². The second kappa shape index (κ2) is 6.18. The third kappa shape index (κ3) is 3.32. The molecule has 0 unspecified atom stereocenters. The summed E-state index contributed by atoms with van der Waals surface area (Å²) in [5.41, 5.74) is 7.34. The van der Waals surface area contributed by atoms with Crippen LogP contribution in [0.4, 0.5) is 0 Å². The molecule has 0 aliphatic rings. The summed E-state index contributed by atoms with van der Waals surface area (Å²) in [4.78, 5) is 0. The highest BCUT2D eigenvalue weighted by atomic mass is 16.5. The molecule has 1 aromatic carbocycles. The molecule has 0 aliphatic heterocycles. The molecule has 0 atom stereocenters. The summed E-state index contributed by atoms with van der Waals surface area (Å²) < 4.78 is 15.6. The van der Waals surface area contributed by atoms with E-state index in [1.54, 1.807) is 7.11 Å². The third-order valence-electron chi connectivity index (χ3n) is 2.42. The van der Waals surface area contributed by atoms with Crippen molar-refractivity contribution in [2.75, 3.05) is 7.11 Å². The maximum Gasteiger partial charge on any atom is 0.162 e. The van der Waals surface area contributed by atoms with Gasteiger partial charge in [0.15, 0.2) is 5.76 Å². The van der Waals surface area contributed by atoms with Crippen molar-refractivity contribution in [1.29, 1.82) is 0 Å². The maximum absolute atomic E-state index is 5.61. The Morgan fingerprint density at radius 2 is 2.17 bits per heavy atom. The van der Waals surface area contributed by atoms with E-state index in [2.05, 4.69) is 5.16 Å². The molecule has 0 radical (unpaired) electrons. The van der Waals surface area contributed by atoms with E-state index in [1.807, 2.05) is 30.3 Å². The number of nitrogens with two attached hydrogens (primary N) is 1. The Balaban J connectivity index is 1.93. The quantitative estimate of drug-likeness (QED) is 0.844. The predicted octanol–water partition coefficient (Wildman–Crippen LogP) is 1.86. The molecule has 5 heteroatoms.